The first-order chi connectivity index (χ1) is 10.9. The van der Waals surface area contributed by atoms with E-state index in [1.54, 1.807) is 30.7 Å². The lowest BCUT2D eigenvalue weighted by Gasteiger charge is -2.17. The SMILES string of the molecule is CCn1c(C)nnc1[S@](=O)CC(=O)N(C)Cc1cccc(Cl)c1. The summed E-state index contributed by atoms with van der Waals surface area (Å²) in [6.07, 6.45) is 0. The number of nitrogens with zero attached hydrogens (tertiary/aromatic N) is 4. The lowest BCUT2D eigenvalue weighted by Crippen LogP contribution is -2.31. The molecule has 0 bridgehead atoms. The molecule has 0 saturated carbocycles. The molecular formula is C15H19ClN4O2S. The van der Waals surface area contributed by atoms with Gasteiger partial charge in [0, 0.05) is 25.2 Å². The van der Waals surface area contributed by atoms with Gasteiger partial charge in [0.15, 0.2) is 0 Å². The minimum Gasteiger partial charge on any atom is -0.341 e. The molecule has 0 N–H and O–H groups in total. The molecule has 124 valence electrons. The van der Waals surface area contributed by atoms with E-state index in [0.717, 1.165) is 5.56 Å². The Kier molecular flexibility index (Phi) is 5.90. The third-order valence-electron chi connectivity index (χ3n) is 3.41. The highest BCUT2D eigenvalue weighted by atomic mass is 35.5. The van der Waals surface area contributed by atoms with Crippen LogP contribution in [0.25, 0.3) is 0 Å². The summed E-state index contributed by atoms with van der Waals surface area (Å²) in [4.78, 5) is 13.8. The first-order valence-corrected chi connectivity index (χ1v) is 8.88. The van der Waals surface area contributed by atoms with Gasteiger partial charge in [-0.2, -0.15) is 0 Å². The lowest BCUT2D eigenvalue weighted by molar-refractivity contribution is -0.127. The summed E-state index contributed by atoms with van der Waals surface area (Å²) in [7, 11) is 0.162. The summed E-state index contributed by atoms with van der Waals surface area (Å²) in [6, 6.07) is 7.31. The van der Waals surface area contributed by atoms with E-state index >= 15 is 0 Å². The van der Waals surface area contributed by atoms with Gasteiger partial charge < -0.3 is 9.47 Å². The van der Waals surface area contributed by atoms with Crippen molar-refractivity contribution in [2.75, 3.05) is 12.8 Å². The summed E-state index contributed by atoms with van der Waals surface area (Å²) < 4.78 is 14.1. The van der Waals surface area contributed by atoms with E-state index < -0.39 is 10.8 Å². The van der Waals surface area contributed by atoms with Crippen molar-refractivity contribution in [3.8, 4) is 0 Å². The van der Waals surface area contributed by atoms with Crippen molar-refractivity contribution in [1.82, 2.24) is 19.7 Å². The van der Waals surface area contributed by atoms with Gasteiger partial charge in [-0.25, -0.2) is 0 Å². The zero-order valence-electron chi connectivity index (χ0n) is 13.3. The highest BCUT2D eigenvalue weighted by Gasteiger charge is 2.20. The van der Waals surface area contributed by atoms with Crippen LogP contribution in [0.3, 0.4) is 0 Å². The number of carbonyl (C=O) groups is 1. The van der Waals surface area contributed by atoms with Crippen LogP contribution in [0.15, 0.2) is 29.4 Å². The molecule has 0 saturated heterocycles. The lowest BCUT2D eigenvalue weighted by atomic mass is 10.2. The van der Waals surface area contributed by atoms with E-state index in [0.29, 0.717) is 29.1 Å². The van der Waals surface area contributed by atoms with E-state index in [1.165, 1.54) is 4.90 Å². The molecule has 1 heterocycles. The van der Waals surface area contributed by atoms with E-state index in [9.17, 15) is 9.00 Å². The Hall–Kier alpha value is -1.73. The average molecular weight is 355 g/mol. The maximum absolute atomic E-state index is 12.4. The number of carbonyl (C=O) groups excluding carboxylic acids is 1. The van der Waals surface area contributed by atoms with Gasteiger partial charge in [0.1, 0.15) is 22.4 Å². The van der Waals surface area contributed by atoms with Gasteiger partial charge in [-0.1, -0.05) is 23.7 Å². The first kappa shape index (κ1) is 17.6. The summed E-state index contributed by atoms with van der Waals surface area (Å²) in [6.45, 7) is 4.75. The standard InChI is InChI=1S/C15H19ClN4O2S/c1-4-20-11(2)17-18-15(20)23(22)10-14(21)19(3)9-12-6-5-7-13(16)8-12/h5-8H,4,9-10H2,1-3H3/t23-/m1/s1. The Morgan fingerprint density at radius 3 is 2.78 bits per heavy atom. The van der Waals surface area contributed by atoms with Crippen LogP contribution >= 0.6 is 11.6 Å². The second-order valence-electron chi connectivity index (χ2n) is 5.14. The molecule has 1 atom stereocenters. The maximum Gasteiger partial charge on any atom is 0.235 e. The molecular weight excluding hydrogens is 336 g/mol. The van der Waals surface area contributed by atoms with Crippen LogP contribution in [0.2, 0.25) is 5.02 Å². The predicted molar refractivity (Wildman–Crippen MR) is 89.6 cm³/mol. The average Bonchev–Trinajstić information content (AvgIpc) is 2.88. The van der Waals surface area contributed by atoms with Gasteiger partial charge >= 0.3 is 0 Å². The van der Waals surface area contributed by atoms with Crippen molar-refractivity contribution in [2.45, 2.75) is 32.1 Å². The fraction of sp³-hybridized carbons (Fsp3) is 0.400. The summed E-state index contributed by atoms with van der Waals surface area (Å²) in [5.74, 6) is 0.358. The molecule has 2 rings (SSSR count). The Balaban J connectivity index is 2.01. The topological polar surface area (TPSA) is 68.1 Å². The molecule has 8 heteroatoms. The molecule has 23 heavy (non-hydrogen) atoms. The number of hydrogen-bond donors (Lipinski definition) is 0. The Labute approximate surface area is 142 Å². The van der Waals surface area contributed by atoms with Crippen LogP contribution in [-0.2, 0) is 28.7 Å². The molecule has 0 aliphatic carbocycles. The second-order valence-corrected chi connectivity index (χ2v) is 6.92. The normalized spacial score (nSPS) is 12.2. The molecule has 0 radical (unpaired) electrons. The molecule has 1 aromatic heterocycles. The monoisotopic (exact) mass is 354 g/mol. The predicted octanol–water partition coefficient (Wildman–Crippen LogP) is 2.03. The number of halogens is 1. The van der Waals surface area contributed by atoms with Gasteiger partial charge in [-0.15, -0.1) is 10.2 Å². The van der Waals surface area contributed by atoms with Crippen LogP contribution in [0.5, 0.6) is 0 Å². The number of aryl methyl sites for hydroxylation is 1. The fourth-order valence-electron chi connectivity index (χ4n) is 2.18. The van der Waals surface area contributed by atoms with Crippen molar-refractivity contribution in [3.05, 3.63) is 40.7 Å². The third-order valence-corrected chi connectivity index (χ3v) is 4.86. The minimum atomic E-state index is -1.51. The van der Waals surface area contributed by atoms with Gasteiger partial charge in [-0.3, -0.25) is 9.00 Å². The Morgan fingerprint density at radius 1 is 1.39 bits per heavy atom. The molecule has 1 aromatic carbocycles. The van der Waals surface area contributed by atoms with Gasteiger partial charge in [0.2, 0.25) is 11.1 Å². The van der Waals surface area contributed by atoms with Gasteiger partial charge in [0.25, 0.3) is 0 Å². The summed E-state index contributed by atoms with van der Waals surface area (Å²) in [5.41, 5.74) is 0.923. The van der Waals surface area contributed by atoms with Crippen LogP contribution in [0.4, 0.5) is 0 Å². The van der Waals surface area contributed by atoms with Gasteiger partial charge in [0.05, 0.1) is 0 Å². The van der Waals surface area contributed by atoms with E-state index in [2.05, 4.69) is 10.2 Å². The molecule has 6 nitrogen and oxygen atoms in total. The first-order valence-electron chi connectivity index (χ1n) is 7.19. The highest BCUT2D eigenvalue weighted by molar-refractivity contribution is 7.85. The van der Waals surface area contributed by atoms with Crippen molar-refractivity contribution in [3.63, 3.8) is 0 Å². The van der Waals surface area contributed by atoms with Crippen molar-refractivity contribution < 1.29 is 9.00 Å². The number of benzene rings is 1. The van der Waals surface area contributed by atoms with E-state index in [-0.39, 0.29) is 11.7 Å². The van der Waals surface area contributed by atoms with Crippen molar-refractivity contribution >= 4 is 28.3 Å². The van der Waals surface area contributed by atoms with Crippen molar-refractivity contribution in [2.24, 2.45) is 0 Å². The van der Waals surface area contributed by atoms with Crippen LogP contribution in [-0.4, -0.2) is 42.6 Å². The molecule has 0 fully saturated rings. The number of amides is 1. The zero-order chi connectivity index (χ0) is 17.0. The number of hydrogen-bond acceptors (Lipinski definition) is 4. The molecule has 0 unspecified atom stereocenters. The van der Waals surface area contributed by atoms with Gasteiger partial charge in [-0.05, 0) is 31.5 Å². The summed E-state index contributed by atoms with van der Waals surface area (Å²) in [5, 5.41) is 8.80. The largest absolute Gasteiger partial charge is 0.341 e. The van der Waals surface area contributed by atoms with Crippen molar-refractivity contribution in [1.29, 1.82) is 0 Å². The van der Waals surface area contributed by atoms with Crippen LogP contribution < -0.4 is 0 Å². The van der Waals surface area contributed by atoms with E-state index in [4.69, 9.17) is 11.6 Å². The highest BCUT2D eigenvalue weighted by Crippen LogP contribution is 2.13. The zero-order valence-corrected chi connectivity index (χ0v) is 14.9. The maximum atomic E-state index is 12.4. The number of rotatable bonds is 6. The minimum absolute atomic E-state index is 0.116. The third kappa shape index (κ3) is 4.39. The molecule has 0 aliphatic rings. The molecule has 0 spiro atoms. The second kappa shape index (κ2) is 7.70. The molecule has 1 amide bonds. The Morgan fingerprint density at radius 2 is 2.13 bits per heavy atom. The smallest absolute Gasteiger partial charge is 0.235 e. The number of aromatic nitrogens is 3. The van der Waals surface area contributed by atoms with Crippen LogP contribution in [0, 0.1) is 6.92 Å². The van der Waals surface area contributed by atoms with E-state index in [1.807, 2.05) is 19.1 Å². The Bertz CT molecular complexity index is 732. The molecule has 2 aromatic rings. The quantitative estimate of drug-likeness (QED) is 0.796. The fourth-order valence-corrected chi connectivity index (χ4v) is 3.60. The summed E-state index contributed by atoms with van der Waals surface area (Å²) >= 11 is 5.94. The molecule has 0 aliphatic heterocycles. The van der Waals surface area contributed by atoms with Crippen LogP contribution in [0.1, 0.15) is 18.3 Å².